The number of pyridine rings is 1. The fourth-order valence-corrected chi connectivity index (χ4v) is 3.88. The average molecular weight is 432 g/mol. The Labute approximate surface area is 189 Å². The van der Waals surface area contributed by atoms with Crippen molar-refractivity contribution in [3.05, 3.63) is 95.8 Å². The Bertz CT molecular complexity index is 965. The number of rotatable bonds is 8. The summed E-state index contributed by atoms with van der Waals surface area (Å²) in [7, 11) is 0. The van der Waals surface area contributed by atoms with Gasteiger partial charge in [0.05, 0.1) is 11.8 Å². The van der Waals surface area contributed by atoms with Gasteiger partial charge in [0.1, 0.15) is 12.4 Å². The molecule has 0 bridgehead atoms. The minimum atomic E-state index is -0.169. The second-order valence-electron chi connectivity index (χ2n) is 7.92. The van der Waals surface area contributed by atoms with Gasteiger partial charge in [-0.1, -0.05) is 48.5 Å². The van der Waals surface area contributed by atoms with E-state index in [0.717, 1.165) is 36.5 Å². The first-order valence-corrected chi connectivity index (χ1v) is 11.1. The highest BCUT2D eigenvalue weighted by molar-refractivity contribution is 5.73. The quantitative estimate of drug-likeness (QED) is 0.546. The zero-order valence-electron chi connectivity index (χ0n) is 18.1. The van der Waals surface area contributed by atoms with E-state index in [4.69, 9.17) is 9.47 Å². The van der Waals surface area contributed by atoms with Crippen LogP contribution >= 0.6 is 0 Å². The largest absolute Gasteiger partial charge is 0.487 e. The minimum absolute atomic E-state index is 0.0314. The molecule has 2 amide bonds. The van der Waals surface area contributed by atoms with Crippen molar-refractivity contribution < 1.29 is 14.3 Å². The lowest BCUT2D eigenvalue weighted by atomic mass is 9.89. The van der Waals surface area contributed by atoms with E-state index < -0.39 is 0 Å². The molecule has 0 aliphatic carbocycles. The molecule has 2 atom stereocenters. The zero-order chi connectivity index (χ0) is 22.0. The molecule has 1 saturated heterocycles. The number of hydrogen-bond donors (Lipinski definition) is 2. The van der Waals surface area contributed by atoms with E-state index >= 15 is 0 Å². The number of aromatic nitrogens is 1. The normalized spacial score (nSPS) is 18.0. The Morgan fingerprint density at radius 2 is 1.81 bits per heavy atom. The molecule has 166 valence electrons. The average Bonchev–Trinajstić information content (AvgIpc) is 2.87. The number of amides is 2. The van der Waals surface area contributed by atoms with Crippen LogP contribution in [0.2, 0.25) is 0 Å². The van der Waals surface area contributed by atoms with Gasteiger partial charge in [0.15, 0.2) is 0 Å². The van der Waals surface area contributed by atoms with Crippen molar-refractivity contribution in [1.82, 2.24) is 15.6 Å². The molecule has 1 fully saturated rings. The van der Waals surface area contributed by atoms with Crippen LogP contribution in [0, 0.1) is 5.92 Å². The van der Waals surface area contributed by atoms with Gasteiger partial charge in [-0.3, -0.25) is 4.98 Å². The second kappa shape index (κ2) is 11.3. The number of hydrogen-bond acceptors (Lipinski definition) is 4. The Morgan fingerprint density at radius 1 is 1.00 bits per heavy atom. The van der Waals surface area contributed by atoms with Crippen LogP contribution in [0.15, 0.2) is 79.0 Å². The number of carbonyl (C=O) groups excluding carboxylic acids is 1. The molecule has 0 radical (unpaired) electrons. The molecule has 2 N–H and O–H groups in total. The van der Waals surface area contributed by atoms with E-state index in [1.165, 1.54) is 5.56 Å². The highest BCUT2D eigenvalue weighted by Crippen LogP contribution is 2.33. The zero-order valence-corrected chi connectivity index (χ0v) is 18.1. The first-order chi connectivity index (χ1) is 15.8. The van der Waals surface area contributed by atoms with Crippen LogP contribution in [-0.2, 0) is 17.9 Å². The third-order valence-corrected chi connectivity index (χ3v) is 5.59. The Hall–Kier alpha value is -3.38. The topological polar surface area (TPSA) is 72.5 Å². The summed E-state index contributed by atoms with van der Waals surface area (Å²) in [6.07, 6.45) is 3.84. The minimum Gasteiger partial charge on any atom is -0.487 e. The fraction of sp³-hybridized carbons (Fsp3) is 0.308. The number of benzene rings is 2. The number of ether oxygens (including phenoxy) is 2. The maximum Gasteiger partial charge on any atom is 0.315 e. The van der Waals surface area contributed by atoms with Crippen molar-refractivity contribution >= 4 is 6.03 Å². The summed E-state index contributed by atoms with van der Waals surface area (Å²) in [6.45, 7) is 2.24. The van der Waals surface area contributed by atoms with E-state index in [-0.39, 0.29) is 18.1 Å². The summed E-state index contributed by atoms with van der Waals surface area (Å²) in [5, 5.41) is 5.94. The maximum absolute atomic E-state index is 12.3. The number of carbonyl (C=O) groups is 1. The van der Waals surface area contributed by atoms with Crippen LogP contribution < -0.4 is 15.4 Å². The van der Waals surface area contributed by atoms with Gasteiger partial charge in [-0.05, 0) is 48.2 Å². The van der Waals surface area contributed by atoms with Crippen LogP contribution in [0.3, 0.4) is 0 Å². The van der Waals surface area contributed by atoms with Crippen LogP contribution in [0.1, 0.15) is 35.8 Å². The SMILES string of the molecule is O=C(NCc1ccc(OCc2ccccn2)cc1)NCC1CCCOC1c1ccccc1. The predicted octanol–water partition coefficient (Wildman–Crippen LogP) is 4.63. The van der Waals surface area contributed by atoms with Crippen LogP contribution in [0.5, 0.6) is 5.75 Å². The van der Waals surface area contributed by atoms with Gasteiger partial charge in [-0.2, -0.15) is 0 Å². The molecule has 6 heteroatoms. The van der Waals surface area contributed by atoms with Gasteiger partial charge in [-0.25, -0.2) is 4.79 Å². The predicted molar refractivity (Wildman–Crippen MR) is 123 cm³/mol. The summed E-state index contributed by atoms with van der Waals surface area (Å²) in [6, 6.07) is 23.5. The molecule has 2 heterocycles. The molecule has 0 spiro atoms. The van der Waals surface area contributed by atoms with Crippen LogP contribution in [0.4, 0.5) is 4.79 Å². The standard InChI is InChI=1S/C26H29N3O3/c30-26(29-18-22-9-6-16-31-25(22)21-7-2-1-3-8-21)28-17-20-11-13-24(14-12-20)32-19-23-10-4-5-15-27-23/h1-5,7-8,10-15,22,25H,6,9,16-19H2,(H2,28,29,30). The molecule has 1 aliphatic rings. The van der Waals surface area contributed by atoms with Gasteiger partial charge in [0.2, 0.25) is 0 Å². The van der Waals surface area contributed by atoms with E-state index in [9.17, 15) is 4.79 Å². The lowest BCUT2D eigenvalue weighted by molar-refractivity contribution is -0.0269. The number of nitrogens with one attached hydrogen (secondary N) is 2. The third-order valence-electron chi connectivity index (χ3n) is 5.59. The maximum atomic E-state index is 12.3. The van der Waals surface area contributed by atoms with Gasteiger partial charge in [-0.15, -0.1) is 0 Å². The highest BCUT2D eigenvalue weighted by atomic mass is 16.5. The summed E-state index contributed by atoms with van der Waals surface area (Å²) in [4.78, 5) is 16.6. The van der Waals surface area contributed by atoms with E-state index in [2.05, 4.69) is 27.8 Å². The monoisotopic (exact) mass is 431 g/mol. The van der Waals surface area contributed by atoms with Crippen molar-refractivity contribution in [2.75, 3.05) is 13.2 Å². The molecule has 1 aromatic heterocycles. The Balaban J connectivity index is 1.20. The first kappa shape index (κ1) is 21.8. The summed E-state index contributed by atoms with van der Waals surface area (Å²) >= 11 is 0. The molecule has 2 unspecified atom stereocenters. The third kappa shape index (κ3) is 6.31. The van der Waals surface area contributed by atoms with E-state index in [1.54, 1.807) is 6.20 Å². The molecule has 1 aliphatic heterocycles. The summed E-state index contributed by atoms with van der Waals surface area (Å²) < 4.78 is 11.8. The Morgan fingerprint density at radius 3 is 2.59 bits per heavy atom. The first-order valence-electron chi connectivity index (χ1n) is 11.1. The van der Waals surface area contributed by atoms with Gasteiger partial charge in [0, 0.05) is 31.8 Å². The van der Waals surface area contributed by atoms with Crippen molar-refractivity contribution in [2.45, 2.75) is 32.1 Å². The molecule has 32 heavy (non-hydrogen) atoms. The molecular weight excluding hydrogens is 402 g/mol. The van der Waals surface area contributed by atoms with E-state index in [0.29, 0.717) is 19.7 Å². The van der Waals surface area contributed by atoms with Crippen molar-refractivity contribution in [2.24, 2.45) is 5.92 Å². The van der Waals surface area contributed by atoms with Crippen molar-refractivity contribution in [3.8, 4) is 5.75 Å². The molecule has 6 nitrogen and oxygen atoms in total. The van der Waals surface area contributed by atoms with E-state index in [1.807, 2.05) is 60.7 Å². The van der Waals surface area contributed by atoms with Gasteiger partial charge < -0.3 is 20.1 Å². The Kier molecular flexibility index (Phi) is 7.71. The number of nitrogens with zero attached hydrogens (tertiary/aromatic N) is 1. The molecular formula is C26H29N3O3. The molecule has 0 saturated carbocycles. The highest BCUT2D eigenvalue weighted by Gasteiger charge is 2.27. The van der Waals surface area contributed by atoms with Crippen molar-refractivity contribution in [3.63, 3.8) is 0 Å². The van der Waals surface area contributed by atoms with Gasteiger partial charge >= 0.3 is 6.03 Å². The van der Waals surface area contributed by atoms with Crippen molar-refractivity contribution in [1.29, 1.82) is 0 Å². The molecule has 2 aromatic carbocycles. The summed E-state index contributed by atoms with van der Waals surface area (Å²) in [5.41, 5.74) is 3.06. The number of urea groups is 1. The van der Waals surface area contributed by atoms with Crippen LogP contribution in [0.25, 0.3) is 0 Å². The lowest BCUT2D eigenvalue weighted by Crippen LogP contribution is -2.40. The lowest BCUT2D eigenvalue weighted by Gasteiger charge is -2.32. The van der Waals surface area contributed by atoms with Crippen LogP contribution in [-0.4, -0.2) is 24.2 Å². The fourth-order valence-electron chi connectivity index (χ4n) is 3.88. The van der Waals surface area contributed by atoms with Gasteiger partial charge in [0.25, 0.3) is 0 Å². The smallest absolute Gasteiger partial charge is 0.315 e. The summed E-state index contributed by atoms with van der Waals surface area (Å²) in [5.74, 6) is 1.04. The second-order valence-corrected chi connectivity index (χ2v) is 7.92. The molecule has 4 rings (SSSR count). The molecule has 3 aromatic rings.